The van der Waals surface area contributed by atoms with Gasteiger partial charge in [0, 0.05) is 19.5 Å². The summed E-state index contributed by atoms with van der Waals surface area (Å²) >= 11 is 0. The van der Waals surface area contributed by atoms with E-state index in [9.17, 15) is 0 Å². The van der Waals surface area contributed by atoms with E-state index < -0.39 is 9.05 Å². The van der Waals surface area contributed by atoms with Gasteiger partial charge in [-0.25, -0.2) is 0 Å². The summed E-state index contributed by atoms with van der Waals surface area (Å²) in [6.45, 7) is 0. The quantitative estimate of drug-likeness (QED) is 0.186. The maximum atomic E-state index is 7.33. The van der Waals surface area contributed by atoms with E-state index in [0.29, 0.717) is 0 Å². The van der Waals surface area contributed by atoms with Crippen LogP contribution in [0.3, 0.4) is 0 Å². The third-order valence-corrected chi connectivity index (χ3v) is 0. The molecule has 4 nitrogen and oxygen atoms in total. The molecule has 0 aliphatic carbocycles. The minimum atomic E-state index is -4.61. The van der Waals surface area contributed by atoms with Crippen LogP contribution in [0.1, 0.15) is 4.28 Å². The zero-order valence-electron chi connectivity index (χ0n) is 9.12. The Bertz CT molecular complexity index is 48.9. The minimum Gasteiger partial charge on any atom is 0 e. The van der Waals surface area contributed by atoms with Gasteiger partial charge in [-0.05, 0) is 0 Å². The molecular formula is H11BaNaO4Pb2SiZn. The average molecular weight is 743 g/mol. The van der Waals surface area contributed by atoms with Crippen LogP contribution in [-0.2, 0) is 19.5 Å². The van der Waals surface area contributed by atoms with Crippen LogP contribution in [0.25, 0.3) is 0 Å². The van der Waals surface area contributed by atoms with Gasteiger partial charge in [-0.1, -0.05) is 0 Å². The Morgan fingerprint density at radius 3 is 0.900 bits per heavy atom. The summed E-state index contributed by atoms with van der Waals surface area (Å²) in [7, 11) is -4.61. The van der Waals surface area contributed by atoms with Crippen LogP contribution in [0.5, 0.6) is 0 Å². The fourth-order valence-corrected chi connectivity index (χ4v) is 0. The van der Waals surface area contributed by atoms with Crippen molar-refractivity contribution in [3.05, 3.63) is 0 Å². The molecule has 0 atom stereocenters. The number of hydrogen-bond acceptors (Lipinski definition) is 4. The Kier molecular flexibility index (Phi) is 71.2. The molecule has 4 N–H and O–H groups in total. The summed E-state index contributed by atoms with van der Waals surface area (Å²) in [4.78, 5) is 29.3. The summed E-state index contributed by atoms with van der Waals surface area (Å²) in [6.07, 6.45) is 0. The maximum Gasteiger partial charge on any atom is 0 e. The first kappa shape index (κ1) is 36.3. The van der Waals surface area contributed by atoms with Crippen LogP contribution >= 0.6 is 0 Å². The van der Waals surface area contributed by atoms with Crippen LogP contribution in [-0.4, -0.2) is 132 Å². The second kappa shape index (κ2) is 19.6. The maximum absolute atomic E-state index is 7.33. The monoisotopic (exact) mass is 744 g/mol. The average Bonchev–Trinajstić information content (AvgIpc) is 0.722. The molecule has 10 heavy (non-hydrogen) atoms. The van der Waals surface area contributed by atoms with Gasteiger partial charge in [-0.3, -0.25) is 0 Å². The Morgan fingerprint density at radius 2 is 0.900 bits per heavy atom. The third kappa shape index (κ3) is 73.8. The topological polar surface area (TPSA) is 80.9 Å². The normalized spacial score (nSPS) is 6.00. The largest absolute Gasteiger partial charge is 0 e. The molecule has 0 aliphatic heterocycles. The van der Waals surface area contributed by atoms with E-state index in [0.717, 1.165) is 0 Å². The van der Waals surface area contributed by atoms with Crippen LogP contribution in [0.2, 0.25) is 0 Å². The van der Waals surface area contributed by atoms with Crippen molar-refractivity contribution in [3.8, 4) is 0 Å². The summed E-state index contributed by atoms with van der Waals surface area (Å²) in [6, 6.07) is 0. The van der Waals surface area contributed by atoms with Gasteiger partial charge in [0.15, 0.2) is 0 Å². The summed E-state index contributed by atoms with van der Waals surface area (Å²) in [5, 5.41) is 0. The molecule has 0 amide bonds. The predicted octanol–water partition coefficient (Wildman–Crippen LogP) is -7.48. The van der Waals surface area contributed by atoms with Gasteiger partial charge in [0.2, 0.25) is 0 Å². The van der Waals surface area contributed by atoms with Gasteiger partial charge < -0.3 is 23.5 Å². The molecule has 0 fully saturated rings. The molecule has 0 unspecified atom stereocenters. The van der Waals surface area contributed by atoms with Gasteiger partial charge in [-0.2, -0.15) is 0 Å². The van der Waals surface area contributed by atoms with Crippen molar-refractivity contribution in [3.63, 3.8) is 0 Å². The molecule has 0 heterocycles. The molecule has 0 saturated heterocycles. The zero-order valence-corrected chi connectivity index (χ0v) is 27.5. The van der Waals surface area contributed by atoms with Crippen LogP contribution < -0.4 is 29.6 Å². The SMILES string of the molecule is O[Si](O)(O)O.[Ba+2].[H-].[H-].[H-].[Na+].[PbH2].[PbH2].[Zn]. The van der Waals surface area contributed by atoms with E-state index in [1.165, 1.54) is 0 Å². The molecule has 10 heteroatoms. The smallest absolute Gasteiger partial charge is 0 e. The van der Waals surface area contributed by atoms with E-state index >= 15 is 0 Å². The number of rotatable bonds is 0. The van der Waals surface area contributed by atoms with Crippen molar-refractivity contribution < 1.29 is 72.5 Å². The van der Waals surface area contributed by atoms with Crippen LogP contribution in [0.15, 0.2) is 0 Å². The standard InChI is InChI=1S/Ba.Na.H4O4Si.2Pb.Zn.7H/c;;1-5(2,3)4;;;;;;;;;;/h;;1-4H;;;;;;;;;;/q+2;+1;;;;;;;;;3*-1. The zero-order chi connectivity index (χ0) is 4.50. The van der Waals surface area contributed by atoms with E-state index in [4.69, 9.17) is 19.2 Å². The molecule has 0 rings (SSSR count). The molecule has 0 aliphatic rings. The van der Waals surface area contributed by atoms with Crippen molar-refractivity contribution in [2.24, 2.45) is 0 Å². The second-order valence-corrected chi connectivity index (χ2v) is 1.80. The molecule has 0 aromatic carbocycles. The van der Waals surface area contributed by atoms with Crippen molar-refractivity contribution >= 4 is 113 Å². The van der Waals surface area contributed by atoms with Crippen molar-refractivity contribution in [2.75, 3.05) is 0 Å². The fourth-order valence-electron chi connectivity index (χ4n) is 0. The molecule has 0 saturated carbocycles. The van der Waals surface area contributed by atoms with Crippen molar-refractivity contribution in [1.82, 2.24) is 0 Å². The molecule has 0 aromatic heterocycles. The molecule has 4 radical (unpaired) electrons. The van der Waals surface area contributed by atoms with Crippen molar-refractivity contribution in [2.45, 2.75) is 0 Å². The van der Waals surface area contributed by atoms with Gasteiger partial charge >= 0.3 is 142 Å². The molecule has 0 spiro atoms. The van der Waals surface area contributed by atoms with E-state index in [2.05, 4.69) is 0 Å². The van der Waals surface area contributed by atoms with Crippen LogP contribution in [0, 0.1) is 0 Å². The van der Waals surface area contributed by atoms with Gasteiger partial charge in [0.05, 0.1) is 0 Å². The van der Waals surface area contributed by atoms with Crippen molar-refractivity contribution in [1.29, 1.82) is 0 Å². The van der Waals surface area contributed by atoms with E-state index in [-0.39, 0.29) is 157 Å². The van der Waals surface area contributed by atoms with Gasteiger partial charge in [0.1, 0.15) is 0 Å². The minimum absolute atomic E-state index is 0. The summed E-state index contributed by atoms with van der Waals surface area (Å²) in [5.41, 5.74) is 0. The van der Waals surface area contributed by atoms with E-state index in [1.807, 2.05) is 0 Å². The Hall–Kier alpha value is 5.10. The molecule has 0 bridgehead atoms. The Balaban J connectivity index is -0.00000000286. The first-order valence-corrected chi connectivity index (χ1v) is 2.68. The van der Waals surface area contributed by atoms with E-state index in [1.54, 1.807) is 0 Å². The number of hydrogen-bond donors (Lipinski definition) is 4. The van der Waals surface area contributed by atoms with Crippen LogP contribution in [0.4, 0.5) is 0 Å². The van der Waals surface area contributed by atoms with Gasteiger partial charge in [0.25, 0.3) is 0 Å². The van der Waals surface area contributed by atoms with Gasteiger partial charge in [-0.15, -0.1) is 0 Å². The molecule has 52 valence electrons. The third-order valence-electron chi connectivity index (χ3n) is 0. The molecular weight excluding hydrogens is 732 g/mol. The molecule has 0 aromatic rings. The fraction of sp³-hybridized carbons (Fsp3) is 0. The second-order valence-electron chi connectivity index (χ2n) is 0.600. The summed E-state index contributed by atoms with van der Waals surface area (Å²) in [5.74, 6) is 0. The predicted molar refractivity (Wildman–Crippen MR) is 40.8 cm³/mol. The Labute approximate surface area is 180 Å². The first-order valence-electron chi connectivity index (χ1n) is 0.894. The Morgan fingerprint density at radius 1 is 0.900 bits per heavy atom. The summed E-state index contributed by atoms with van der Waals surface area (Å²) < 4.78 is 0. The first-order chi connectivity index (χ1) is 2.00.